The van der Waals surface area contributed by atoms with E-state index in [-0.39, 0.29) is 12.6 Å². The highest BCUT2D eigenvalue weighted by Crippen LogP contribution is 2.41. The Morgan fingerprint density at radius 2 is 1.58 bits per heavy atom. The predicted molar refractivity (Wildman–Crippen MR) is 117 cm³/mol. The van der Waals surface area contributed by atoms with Crippen molar-refractivity contribution in [3.8, 4) is 11.1 Å². The smallest absolute Gasteiger partial charge is 0.337 e. The number of hydrazine groups is 1. The number of nitrogens with zero attached hydrogens (tertiary/aromatic N) is 2. The van der Waals surface area contributed by atoms with E-state index in [4.69, 9.17) is 0 Å². The summed E-state index contributed by atoms with van der Waals surface area (Å²) in [6.45, 7) is 2.30. The Morgan fingerprint density at radius 1 is 1.03 bits per heavy atom. The molecule has 0 bridgehead atoms. The number of nitrogens with one attached hydrogen (secondary N) is 2. The minimum absolute atomic E-state index is 0.208. The number of hydrogen-bond donors (Lipinski definition) is 2. The first-order valence-electron chi connectivity index (χ1n) is 10.7. The highest BCUT2D eigenvalue weighted by molar-refractivity contribution is 6.07. The molecule has 1 aliphatic heterocycles. The van der Waals surface area contributed by atoms with Crippen LogP contribution in [0.3, 0.4) is 0 Å². The Balaban J connectivity index is 1.89. The summed E-state index contributed by atoms with van der Waals surface area (Å²) in [5.41, 5.74) is -0.186. The van der Waals surface area contributed by atoms with Gasteiger partial charge in [0.15, 0.2) is 0 Å². The molecule has 2 aromatic rings. The largest absolute Gasteiger partial charge is 0.340 e. The van der Waals surface area contributed by atoms with Crippen LogP contribution in [0.5, 0.6) is 0 Å². The molecule has 0 aromatic heterocycles. The van der Waals surface area contributed by atoms with Crippen molar-refractivity contribution in [2.24, 2.45) is 0 Å². The molecular formula is C23H22F6N4O3. The van der Waals surface area contributed by atoms with Crippen molar-refractivity contribution in [2.75, 3.05) is 5.01 Å². The average Bonchev–Trinajstić information content (AvgIpc) is 2.92. The molecule has 4 atom stereocenters. The van der Waals surface area contributed by atoms with Crippen LogP contribution in [0.4, 0.5) is 32.2 Å². The Bertz CT molecular complexity index is 1180. The van der Waals surface area contributed by atoms with Crippen molar-refractivity contribution in [3.63, 3.8) is 0 Å². The summed E-state index contributed by atoms with van der Waals surface area (Å²) < 4.78 is 80.9. The van der Waals surface area contributed by atoms with Crippen LogP contribution in [-0.4, -0.2) is 47.0 Å². The molecule has 194 valence electrons. The van der Waals surface area contributed by atoms with E-state index in [1.807, 2.05) is 0 Å². The van der Waals surface area contributed by atoms with Gasteiger partial charge in [0.25, 0.3) is 24.1 Å². The fourth-order valence-electron chi connectivity index (χ4n) is 3.75. The standard InChI is InChI=1S/C23H22F6N4O3/c1-12-14-8-4-5-9-15(14)16-10-6-7-11-17(16)32(19(12)35)31-18(34)13(2)30-21(36)23(27,33(28)29)22(3,26)20(24)25/h4-13,20H,1-3H3,(H,30,36)(H,31,34)/t12?,13-,22?,23+/m0/s1. The number of carbonyl (C=O) groups excluding carboxylic acids is 3. The zero-order valence-corrected chi connectivity index (χ0v) is 19.2. The van der Waals surface area contributed by atoms with Gasteiger partial charge in [-0.3, -0.25) is 19.8 Å². The first-order valence-corrected chi connectivity index (χ1v) is 10.7. The zero-order valence-electron chi connectivity index (χ0n) is 19.2. The number of fused-ring (bicyclic) bond motifs is 3. The summed E-state index contributed by atoms with van der Waals surface area (Å²) in [6, 6.07) is 11.7. The van der Waals surface area contributed by atoms with E-state index < -0.39 is 52.9 Å². The van der Waals surface area contributed by atoms with Gasteiger partial charge in [-0.25, -0.2) is 22.6 Å². The van der Waals surface area contributed by atoms with E-state index in [1.165, 1.54) is 11.4 Å². The van der Waals surface area contributed by atoms with Gasteiger partial charge < -0.3 is 5.32 Å². The van der Waals surface area contributed by atoms with E-state index >= 15 is 0 Å². The van der Waals surface area contributed by atoms with Crippen LogP contribution < -0.4 is 15.8 Å². The van der Waals surface area contributed by atoms with Gasteiger partial charge in [0.2, 0.25) is 5.67 Å². The number of amides is 3. The van der Waals surface area contributed by atoms with E-state index in [0.717, 1.165) is 17.5 Å². The highest BCUT2D eigenvalue weighted by atomic mass is 19.4. The van der Waals surface area contributed by atoms with Crippen molar-refractivity contribution in [3.05, 3.63) is 54.1 Å². The number of hydrogen-bond acceptors (Lipinski definition) is 4. The van der Waals surface area contributed by atoms with Crippen molar-refractivity contribution in [1.82, 2.24) is 16.1 Å². The maximum atomic E-state index is 14.6. The maximum absolute atomic E-state index is 14.6. The first kappa shape index (κ1) is 27.0. The predicted octanol–water partition coefficient (Wildman–Crippen LogP) is 4.07. The third kappa shape index (κ3) is 4.38. The number of benzene rings is 2. The normalized spacial score (nSPS) is 19.5. The van der Waals surface area contributed by atoms with Crippen molar-refractivity contribution < 1.29 is 40.9 Å². The lowest BCUT2D eigenvalue weighted by molar-refractivity contribution is -0.318. The Hall–Kier alpha value is -3.61. The Labute approximate surface area is 201 Å². The van der Waals surface area contributed by atoms with E-state index in [9.17, 15) is 40.9 Å². The van der Waals surface area contributed by atoms with Crippen LogP contribution in [0.25, 0.3) is 11.1 Å². The molecule has 3 amide bonds. The minimum Gasteiger partial charge on any atom is -0.340 e. The zero-order chi connectivity index (χ0) is 27.0. The molecule has 0 aliphatic carbocycles. The van der Waals surface area contributed by atoms with Crippen LogP contribution in [0.1, 0.15) is 32.3 Å². The molecule has 0 spiro atoms. The van der Waals surface area contributed by atoms with Gasteiger partial charge >= 0.3 is 5.79 Å². The van der Waals surface area contributed by atoms with Gasteiger partial charge in [0.05, 0.1) is 16.9 Å². The van der Waals surface area contributed by atoms with E-state index in [2.05, 4.69) is 5.43 Å². The van der Waals surface area contributed by atoms with Crippen LogP contribution in [-0.2, 0) is 14.4 Å². The molecule has 3 rings (SSSR count). The van der Waals surface area contributed by atoms with E-state index in [0.29, 0.717) is 11.1 Å². The van der Waals surface area contributed by atoms with Gasteiger partial charge in [-0.15, -0.1) is 0 Å². The number of carbonyl (C=O) groups is 3. The third-order valence-corrected chi connectivity index (χ3v) is 6.01. The summed E-state index contributed by atoms with van der Waals surface area (Å²) in [7, 11) is 0. The quantitative estimate of drug-likeness (QED) is 0.330. The second kappa shape index (κ2) is 9.80. The lowest BCUT2D eigenvalue weighted by atomic mass is 9.92. The lowest BCUT2D eigenvalue weighted by Crippen LogP contribution is -2.66. The number of alkyl halides is 4. The number of rotatable bonds is 7. The SMILES string of the molecule is CC1C(=O)N(NC(=O)[C@H](C)NC(=O)[C@@](F)(N(F)F)C(C)(F)C(F)F)c2ccccc2-c2ccccc21. The van der Waals surface area contributed by atoms with Crippen LogP contribution in [0.15, 0.2) is 48.5 Å². The van der Waals surface area contributed by atoms with Crippen LogP contribution in [0.2, 0.25) is 0 Å². The summed E-state index contributed by atoms with van der Waals surface area (Å²) in [5, 5.41) is -0.251. The van der Waals surface area contributed by atoms with Gasteiger partial charge in [-0.05, 0) is 38.0 Å². The summed E-state index contributed by atoms with van der Waals surface area (Å²) in [4.78, 5) is 38.2. The van der Waals surface area contributed by atoms with Crippen molar-refractivity contribution >= 4 is 23.4 Å². The van der Waals surface area contributed by atoms with Gasteiger partial charge in [-0.2, -0.15) is 0 Å². The molecule has 2 N–H and O–H groups in total. The number of para-hydroxylation sites is 1. The Morgan fingerprint density at radius 3 is 2.17 bits per heavy atom. The monoisotopic (exact) mass is 516 g/mol. The summed E-state index contributed by atoms with van der Waals surface area (Å²) >= 11 is 0. The minimum atomic E-state index is -5.11. The van der Waals surface area contributed by atoms with Gasteiger partial charge in [0.1, 0.15) is 6.04 Å². The summed E-state index contributed by atoms with van der Waals surface area (Å²) in [6.07, 6.45) is -4.30. The topological polar surface area (TPSA) is 81.8 Å². The second-order valence-electron chi connectivity index (χ2n) is 8.40. The third-order valence-electron chi connectivity index (χ3n) is 6.01. The second-order valence-corrected chi connectivity index (χ2v) is 8.40. The highest BCUT2D eigenvalue weighted by Gasteiger charge is 2.67. The van der Waals surface area contributed by atoms with Crippen LogP contribution in [0, 0.1) is 0 Å². The molecule has 7 nitrogen and oxygen atoms in total. The molecule has 2 aromatic carbocycles. The molecule has 2 unspecified atom stereocenters. The molecule has 13 heteroatoms. The number of halogens is 6. The lowest BCUT2D eigenvalue weighted by Gasteiger charge is -2.34. The van der Waals surface area contributed by atoms with Crippen LogP contribution >= 0.6 is 0 Å². The molecule has 0 radical (unpaired) electrons. The summed E-state index contributed by atoms with van der Waals surface area (Å²) in [5.74, 6) is -10.1. The van der Waals surface area contributed by atoms with Gasteiger partial charge in [0, 0.05) is 5.56 Å². The average molecular weight is 516 g/mol. The number of anilines is 1. The fraction of sp³-hybridized carbons (Fsp3) is 0.348. The fourth-order valence-corrected chi connectivity index (χ4v) is 3.75. The molecule has 1 heterocycles. The van der Waals surface area contributed by atoms with Crippen molar-refractivity contribution in [1.29, 1.82) is 0 Å². The van der Waals surface area contributed by atoms with Gasteiger partial charge in [-0.1, -0.05) is 51.4 Å². The molecular weight excluding hydrogens is 494 g/mol. The Kier molecular flexibility index (Phi) is 7.35. The van der Waals surface area contributed by atoms with Crippen molar-refractivity contribution in [2.45, 2.75) is 50.6 Å². The first-order chi connectivity index (χ1) is 16.7. The molecule has 0 fully saturated rings. The molecule has 36 heavy (non-hydrogen) atoms. The van der Waals surface area contributed by atoms with E-state index in [1.54, 1.807) is 49.4 Å². The molecule has 1 aliphatic rings. The molecule has 0 saturated carbocycles. The maximum Gasteiger partial charge on any atom is 0.337 e. The molecule has 0 saturated heterocycles.